The van der Waals surface area contributed by atoms with Crippen LogP contribution >= 0.6 is 15.9 Å². The minimum atomic E-state index is -0.159. The molecule has 1 N–H and O–H groups in total. The predicted octanol–water partition coefficient (Wildman–Crippen LogP) is 3.93. The molecule has 0 spiro atoms. The maximum Gasteiger partial charge on any atom is 0.256 e. The molecule has 1 amide bonds. The topological polar surface area (TPSA) is 51.5 Å². The molecule has 0 aliphatic rings. The van der Waals surface area contributed by atoms with Gasteiger partial charge in [0.25, 0.3) is 5.91 Å². The molecule has 0 aliphatic heterocycles. The summed E-state index contributed by atoms with van der Waals surface area (Å²) in [6.45, 7) is 2.03. The molecule has 5 heteroatoms. The Morgan fingerprint density at radius 2 is 2.05 bits per heavy atom. The fourth-order valence-electron chi connectivity index (χ4n) is 1.95. The molecule has 0 radical (unpaired) electrons. The molecule has 106 valence electrons. The van der Waals surface area contributed by atoms with Crippen LogP contribution in [0.2, 0.25) is 0 Å². The maximum atomic E-state index is 12.2. The number of furan rings is 1. The van der Waals surface area contributed by atoms with Crippen LogP contribution in [0.25, 0.3) is 0 Å². The van der Waals surface area contributed by atoms with Crippen LogP contribution in [-0.4, -0.2) is 13.0 Å². The van der Waals surface area contributed by atoms with E-state index in [1.165, 1.54) is 6.26 Å². The molecule has 1 heterocycles. The zero-order chi connectivity index (χ0) is 14.5. The fraction of sp³-hybridized carbons (Fsp3) is 0.267. The number of hydrogen-bond acceptors (Lipinski definition) is 3. The monoisotopic (exact) mass is 337 g/mol. The Bertz CT molecular complexity index is 577. The first-order chi connectivity index (χ1) is 9.65. The SMILES string of the molecule is CCC(NC(=O)c1ccoc1Br)c1ccc(OC)cc1. The van der Waals surface area contributed by atoms with Gasteiger partial charge in [-0.25, -0.2) is 0 Å². The van der Waals surface area contributed by atoms with E-state index in [0.717, 1.165) is 17.7 Å². The molecule has 0 bridgehead atoms. The number of carbonyl (C=O) groups excluding carboxylic acids is 1. The molecule has 0 fully saturated rings. The summed E-state index contributed by atoms with van der Waals surface area (Å²) in [7, 11) is 1.63. The molecular formula is C15H16BrNO3. The van der Waals surface area contributed by atoms with E-state index in [9.17, 15) is 4.79 Å². The number of halogens is 1. The lowest BCUT2D eigenvalue weighted by atomic mass is 10.0. The summed E-state index contributed by atoms with van der Waals surface area (Å²) in [6, 6.07) is 9.28. The predicted molar refractivity (Wildman–Crippen MR) is 79.9 cm³/mol. The van der Waals surface area contributed by atoms with Crippen LogP contribution in [0.3, 0.4) is 0 Å². The van der Waals surface area contributed by atoms with Gasteiger partial charge in [-0.15, -0.1) is 0 Å². The summed E-state index contributed by atoms with van der Waals surface area (Å²) in [5.74, 6) is 0.640. The molecule has 20 heavy (non-hydrogen) atoms. The molecule has 2 aromatic rings. The van der Waals surface area contributed by atoms with Gasteiger partial charge in [0.1, 0.15) is 5.75 Å². The lowest BCUT2D eigenvalue weighted by molar-refractivity contribution is 0.0934. The summed E-state index contributed by atoms with van der Waals surface area (Å²) in [6.07, 6.45) is 2.28. The Kier molecular flexibility index (Phi) is 4.84. The smallest absolute Gasteiger partial charge is 0.256 e. The van der Waals surface area contributed by atoms with Gasteiger partial charge in [0.2, 0.25) is 0 Å². The number of nitrogens with one attached hydrogen (secondary N) is 1. The number of methoxy groups -OCH3 is 1. The van der Waals surface area contributed by atoms with Crippen molar-refractivity contribution in [3.63, 3.8) is 0 Å². The molecule has 1 aromatic heterocycles. The van der Waals surface area contributed by atoms with Crippen LogP contribution < -0.4 is 10.1 Å². The zero-order valence-corrected chi connectivity index (χ0v) is 12.9. The Balaban J connectivity index is 2.12. The molecule has 1 atom stereocenters. The molecule has 1 unspecified atom stereocenters. The Morgan fingerprint density at radius 3 is 2.55 bits per heavy atom. The maximum absolute atomic E-state index is 12.2. The molecule has 1 aromatic carbocycles. The standard InChI is InChI=1S/C15H16BrNO3/c1-3-13(10-4-6-11(19-2)7-5-10)17-15(18)12-8-9-20-14(12)16/h4-9,13H,3H2,1-2H3,(H,17,18). The van der Waals surface area contributed by atoms with Crippen molar-refractivity contribution in [1.29, 1.82) is 0 Å². The number of amides is 1. The van der Waals surface area contributed by atoms with E-state index in [0.29, 0.717) is 10.2 Å². The number of ether oxygens (including phenoxy) is 1. The third-order valence-corrected chi connectivity index (χ3v) is 3.71. The average Bonchev–Trinajstić information content (AvgIpc) is 2.91. The van der Waals surface area contributed by atoms with E-state index >= 15 is 0 Å². The van der Waals surface area contributed by atoms with E-state index < -0.39 is 0 Å². The van der Waals surface area contributed by atoms with Gasteiger partial charge in [-0.05, 0) is 46.1 Å². The Morgan fingerprint density at radius 1 is 1.35 bits per heavy atom. The largest absolute Gasteiger partial charge is 0.497 e. The first-order valence-corrected chi connectivity index (χ1v) is 7.12. The van der Waals surface area contributed by atoms with Crippen LogP contribution in [0.1, 0.15) is 35.3 Å². The highest BCUT2D eigenvalue weighted by molar-refractivity contribution is 9.10. The molecule has 4 nitrogen and oxygen atoms in total. The lowest BCUT2D eigenvalue weighted by Crippen LogP contribution is -2.28. The minimum absolute atomic E-state index is 0.0461. The first kappa shape index (κ1) is 14.7. The van der Waals surface area contributed by atoms with E-state index in [2.05, 4.69) is 21.2 Å². The quantitative estimate of drug-likeness (QED) is 0.899. The van der Waals surface area contributed by atoms with Crippen LogP contribution in [0.5, 0.6) is 5.75 Å². The summed E-state index contributed by atoms with van der Waals surface area (Å²) >= 11 is 3.21. The number of carbonyl (C=O) groups is 1. The van der Waals surface area contributed by atoms with Crippen molar-refractivity contribution in [1.82, 2.24) is 5.32 Å². The van der Waals surface area contributed by atoms with Gasteiger partial charge < -0.3 is 14.5 Å². The fourth-order valence-corrected chi connectivity index (χ4v) is 2.37. The van der Waals surface area contributed by atoms with Crippen molar-refractivity contribution in [3.05, 3.63) is 52.4 Å². The van der Waals surface area contributed by atoms with Gasteiger partial charge in [-0.3, -0.25) is 4.79 Å². The van der Waals surface area contributed by atoms with Crippen molar-refractivity contribution in [2.75, 3.05) is 7.11 Å². The van der Waals surface area contributed by atoms with Crippen LogP contribution in [0.4, 0.5) is 0 Å². The van der Waals surface area contributed by atoms with E-state index in [1.807, 2.05) is 31.2 Å². The third-order valence-electron chi connectivity index (χ3n) is 3.09. The van der Waals surface area contributed by atoms with Crippen LogP contribution in [0, 0.1) is 0 Å². The number of rotatable bonds is 5. The molecule has 0 saturated carbocycles. The highest BCUT2D eigenvalue weighted by Gasteiger charge is 2.17. The highest BCUT2D eigenvalue weighted by atomic mass is 79.9. The second kappa shape index (κ2) is 6.61. The van der Waals surface area contributed by atoms with Crippen LogP contribution in [0.15, 0.2) is 45.7 Å². The number of hydrogen-bond donors (Lipinski definition) is 1. The summed E-state index contributed by atoms with van der Waals surface area (Å²) < 4.78 is 10.7. The van der Waals surface area contributed by atoms with Gasteiger partial charge in [-0.2, -0.15) is 0 Å². The van der Waals surface area contributed by atoms with Crippen molar-refractivity contribution in [2.45, 2.75) is 19.4 Å². The lowest BCUT2D eigenvalue weighted by Gasteiger charge is -2.17. The van der Waals surface area contributed by atoms with E-state index in [4.69, 9.17) is 9.15 Å². The highest BCUT2D eigenvalue weighted by Crippen LogP contribution is 2.22. The number of benzene rings is 1. The molecule has 0 saturated heterocycles. The van der Waals surface area contributed by atoms with Crippen LogP contribution in [-0.2, 0) is 0 Å². The normalized spacial score (nSPS) is 11.9. The van der Waals surface area contributed by atoms with E-state index in [1.54, 1.807) is 13.2 Å². The second-order valence-electron chi connectivity index (χ2n) is 4.32. The van der Waals surface area contributed by atoms with Gasteiger partial charge >= 0.3 is 0 Å². The zero-order valence-electron chi connectivity index (χ0n) is 11.4. The first-order valence-electron chi connectivity index (χ1n) is 6.33. The summed E-state index contributed by atoms with van der Waals surface area (Å²) in [5.41, 5.74) is 1.54. The van der Waals surface area contributed by atoms with Crippen molar-refractivity contribution in [2.24, 2.45) is 0 Å². The van der Waals surface area contributed by atoms with Gasteiger partial charge in [0.15, 0.2) is 4.67 Å². The summed E-state index contributed by atoms with van der Waals surface area (Å²) in [4.78, 5) is 12.2. The third kappa shape index (κ3) is 3.22. The molecule has 0 aliphatic carbocycles. The molecular weight excluding hydrogens is 322 g/mol. The minimum Gasteiger partial charge on any atom is -0.497 e. The Labute approximate surface area is 126 Å². The van der Waals surface area contributed by atoms with Crippen molar-refractivity contribution < 1.29 is 13.9 Å². The average molecular weight is 338 g/mol. The van der Waals surface area contributed by atoms with Gasteiger partial charge in [0, 0.05) is 0 Å². The van der Waals surface area contributed by atoms with Gasteiger partial charge in [0.05, 0.1) is 25.0 Å². The second-order valence-corrected chi connectivity index (χ2v) is 5.04. The Hall–Kier alpha value is -1.75. The van der Waals surface area contributed by atoms with Crippen molar-refractivity contribution in [3.8, 4) is 5.75 Å². The van der Waals surface area contributed by atoms with Gasteiger partial charge in [-0.1, -0.05) is 19.1 Å². The molecule has 2 rings (SSSR count). The van der Waals surface area contributed by atoms with Crippen molar-refractivity contribution >= 4 is 21.8 Å². The van der Waals surface area contributed by atoms with E-state index in [-0.39, 0.29) is 11.9 Å². The summed E-state index contributed by atoms with van der Waals surface area (Å²) in [5, 5.41) is 2.99.